The van der Waals surface area contributed by atoms with Gasteiger partial charge in [0.2, 0.25) is 0 Å². The van der Waals surface area contributed by atoms with E-state index in [1.807, 2.05) is 73.1 Å². The van der Waals surface area contributed by atoms with Crippen molar-refractivity contribution in [3.8, 4) is 22.4 Å². The van der Waals surface area contributed by atoms with Crippen molar-refractivity contribution in [3.05, 3.63) is 144 Å². The Morgan fingerprint density at radius 2 is 1.39 bits per heavy atom. The number of benzene rings is 4. The Morgan fingerprint density at radius 1 is 0.745 bits per heavy atom. The number of ether oxygens (including phenoxy) is 1. The summed E-state index contributed by atoms with van der Waals surface area (Å²) in [5.74, 6) is 0.954. The summed E-state index contributed by atoms with van der Waals surface area (Å²) in [6.07, 6.45) is 8.25. The van der Waals surface area contributed by atoms with E-state index < -0.39 is 0 Å². The number of imidazole rings is 1. The molecule has 0 unspecified atom stereocenters. The fourth-order valence-electron chi connectivity index (χ4n) is 7.56. The maximum absolute atomic E-state index is 12.9. The Labute approximate surface area is 298 Å². The van der Waals surface area contributed by atoms with Crippen LogP contribution in [0.1, 0.15) is 65.5 Å². The van der Waals surface area contributed by atoms with Crippen LogP contribution in [0.5, 0.6) is 0 Å². The van der Waals surface area contributed by atoms with Gasteiger partial charge in [-0.1, -0.05) is 109 Å². The zero-order valence-corrected chi connectivity index (χ0v) is 28.6. The molecule has 1 aromatic heterocycles. The van der Waals surface area contributed by atoms with Gasteiger partial charge < -0.3 is 9.72 Å². The number of allylic oxidation sites excluding steroid dienone is 1. The summed E-state index contributed by atoms with van der Waals surface area (Å²) in [5, 5.41) is 0. The van der Waals surface area contributed by atoms with Gasteiger partial charge in [-0.15, -0.1) is 0 Å². The SMILES string of the molecule is O=C(CN1CCC[C@H]1C1=NC=C(c2ccc(-c3ccc(-c4cnc([C@@H]5CCCN5C(=O)OCc5ccccc5)[nH]4)cc3)cc2)C1)c1ccccc1. The van der Waals surface area contributed by atoms with Gasteiger partial charge in [-0.25, -0.2) is 9.78 Å². The molecular formula is C43H41N5O3. The molecule has 256 valence electrons. The highest BCUT2D eigenvalue weighted by molar-refractivity contribution is 6.03. The molecule has 3 aliphatic heterocycles. The van der Waals surface area contributed by atoms with E-state index in [9.17, 15) is 9.59 Å². The van der Waals surface area contributed by atoms with Crippen LogP contribution in [0.15, 0.2) is 127 Å². The maximum Gasteiger partial charge on any atom is 0.410 e. The molecule has 2 saturated heterocycles. The van der Waals surface area contributed by atoms with Crippen molar-refractivity contribution in [1.29, 1.82) is 0 Å². The van der Waals surface area contributed by atoms with Crippen LogP contribution < -0.4 is 0 Å². The quantitative estimate of drug-likeness (QED) is 0.150. The first kappa shape index (κ1) is 32.6. The van der Waals surface area contributed by atoms with Crippen LogP contribution in [0.25, 0.3) is 28.0 Å². The molecule has 8 rings (SSSR count). The van der Waals surface area contributed by atoms with Gasteiger partial charge in [0.15, 0.2) is 5.78 Å². The van der Waals surface area contributed by atoms with Crippen molar-refractivity contribution in [1.82, 2.24) is 19.8 Å². The van der Waals surface area contributed by atoms with Crippen molar-refractivity contribution in [2.24, 2.45) is 4.99 Å². The average Bonchev–Trinajstić information content (AvgIpc) is 4.02. The molecule has 4 aromatic carbocycles. The molecule has 2 fully saturated rings. The number of rotatable bonds is 10. The molecule has 0 bridgehead atoms. The summed E-state index contributed by atoms with van der Waals surface area (Å²) in [5.41, 5.74) is 9.53. The zero-order chi connectivity index (χ0) is 34.6. The van der Waals surface area contributed by atoms with E-state index in [1.54, 1.807) is 4.90 Å². The third kappa shape index (κ3) is 7.19. The van der Waals surface area contributed by atoms with Crippen molar-refractivity contribution in [2.75, 3.05) is 19.6 Å². The highest BCUT2D eigenvalue weighted by Gasteiger charge is 2.34. The van der Waals surface area contributed by atoms with Gasteiger partial charge in [0.1, 0.15) is 12.4 Å². The normalized spacial score (nSPS) is 18.9. The smallest absolute Gasteiger partial charge is 0.410 e. The van der Waals surface area contributed by atoms with E-state index in [0.717, 1.165) is 83.7 Å². The van der Waals surface area contributed by atoms with Gasteiger partial charge in [0, 0.05) is 36.5 Å². The summed E-state index contributed by atoms with van der Waals surface area (Å²) in [7, 11) is 0. The highest BCUT2D eigenvalue weighted by atomic mass is 16.6. The lowest BCUT2D eigenvalue weighted by atomic mass is 9.96. The van der Waals surface area contributed by atoms with Crippen LogP contribution in [-0.2, 0) is 11.3 Å². The summed E-state index contributed by atoms with van der Waals surface area (Å²) in [6.45, 7) is 2.28. The topological polar surface area (TPSA) is 90.9 Å². The summed E-state index contributed by atoms with van der Waals surface area (Å²) in [6, 6.07) is 36.6. The first-order chi connectivity index (χ1) is 25.1. The number of carbonyl (C=O) groups is 2. The molecule has 4 heterocycles. The first-order valence-electron chi connectivity index (χ1n) is 17.9. The van der Waals surface area contributed by atoms with E-state index in [1.165, 1.54) is 11.1 Å². The predicted molar refractivity (Wildman–Crippen MR) is 200 cm³/mol. The molecule has 51 heavy (non-hydrogen) atoms. The number of nitrogens with one attached hydrogen (secondary N) is 1. The van der Waals surface area contributed by atoms with Crippen molar-refractivity contribution in [3.63, 3.8) is 0 Å². The van der Waals surface area contributed by atoms with Crippen LogP contribution in [0, 0.1) is 0 Å². The molecule has 5 aromatic rings. The molecule has 0 spiro atoms. The van der Waals surface area contributed by atoms with Crippen LogP contribution in [-0.4, -0.2) is 63.0 Å². The van der Waals surface area contributed by atoms with Gasteiger partial charge in [-0.3, -0.25) is 19.6 Å². The van der Waals surface area contributed by atoms with Crippen LogP contribution >= 0.6 is 0 Å². The van der Waals surface area contributed by atoms with Crippen LogP contribution in [0.3, 0.4) is 0 Å². The molecule has 1 N–H and O–H groups in total. The number of aromatic nitrogens is 2. The van der Waals surface area contributed by atoms with Crippen LogP contribution in [0.2, 0.25) is 0 Å². The number of Topliss-reactive ketones (excluding diaryl/α,β-unsaturated/α-hetero) is 1. The number of amides is 1. The lowest BCUT2D eigenvalue weighted by Crippen LogP contribution is -2.39. The average molecular weight is 676 g/mol. The number of hydrogen-bond donors (Lipinski definition) is 1. The molecule has 8 nitrogen and oxygen atoms in total. The third-order valence-corrected chi connectivity index (χ3v) is 10.3. The Hall–Kier alpha value is -5.60. The Morgan fingerprint density at radius 3 is 2.14 bits per heavy atom. The second-order valence-electron chi connectivity index (χ2n) is 13.6. The molecular weight excluding hydrogens is 635 g/mol. The number of ketones is 1. The first-order valence-corrected chi connectivity index (χ1v) is 17.9. The van der Waals surface area contributed by atoms with E-state index >= 15 is 0 Å². The number of aromatic amines is 1. The second kappa shape index (κ2) is 14.7. The minimum atomic E-state index is -0.306. The number of likely N-dealkylation sites (tertiary alicyclic amines) is 2. The minimum Gasteiger partial charge on any atom is -0.445 e. The maximum atomic E-state index is 12.9. The second-order valence-corrected chi connectivity index (χ2v) is 13.6. The monoisotopic (exact) mass is 675 g/mol. The molecule has 0 aliphatic carbocycles. The van der Waals surface area contributed by atoms with Crippen molar-refractivity contribution < 1.29 is 14.3 Å². The Balaban J connectivity index is 0.866. The van der Waals surface area contributed by atoms with Gasteiger partial charge in [-0.2, -0.15) is 0 Å². The number of hydrogen-bond acceptors (Lipinski definition) is 6. The fraction of sp³-hybridized carbons (Fsp3) is 0.256. The van der Waals surface area contributed by atoms with Gasteiger partial charge in [0.05, 0.1) is 24.5 Å². The van der Waals surface area contributed by atoms with Gasteiger partial charge in [0.25, 0.3) is 0 Å². The summed E-state index contributed by atoms with van der Waals surface area (Å²) < 4.78 is 5.62. The molecule has 2 atom stereocenters. The van der Waals surface area contributed by atoms with Gasteiger partial charge >= 0.3 is 6.09 Å². The lowest BCUT2D eigenvalue weighted by Gasteiger charge is -2.24. The predicted octanol–water partition coefficient (Wildman–Crippen LogP) is 8.75. The Kier molecular flexibility index (Phi) is 9.40. The molecule has 0 radical (unpaired) electrons. The fourth-order valence-corrected chi connectivity index (χ4v) is 7.56. The van der Waals surface area contributed by atoms with Crippen LogP contribution in [0.4, 0.5) is 4.79 Å². The van der Waals surface area contributed by atoms with Crippen molar-refractivity contribution >= 4 is 23.2 Å². The highest BCUT2D eigenvalue weighted by Crippen LogP contribution is 2.34. The zero-order valence-electron chi connectivity index (χ0n) is 28.6. The largest absolute Gasteiger partial charge is 0.445 e. The number of aliphatic imine (C=N–C) groups is 1. The van der Waals surface area contributed by atoms with E-state index in [4.69, 9.17) is 9.73 Å². The third-order valence-electron chi connectivity index (χ3n) is 10.3. The van der Waals surface area contributed by atoms with Gasteiger partial charge in [-0.05, 0) is 65.6 Å². The summed E-state index contributed by atoms with van der Waals surface area (Å²) >= 11 is 0. The molecule has 1 amide bonds. The Bertz CT molecular complexity index is 2050. The minimum absolute atomic E-state index is 0.128. The van der Waals surface area contributed by atoms with E-state index in [2.05, 4.69) is 63.4 Å². The lowest BCUT2D eigenvalue weighted by molar-refractivity contribution is 0.0908. The molecule has 8 heteroatoms. The number of carbonyl (C=O) groups excluding carboxylic acids is 2. The van der Waals surface area contributed by atoms with E-state index in [0.29, 0.717) is 13.1 Å². The summed E-state index contributed by atoms with van der Waals surface area (Å²) in [4.78, 5) is 42.9. The standard InChI is InChI=1S/C43H41N5O3/c49-41(35-11-5-2-6-12-35)28-47-23-7-13-39(47)37-25-36(26-44-37)33-17-15-31(16-18-33)32-19-21-34(22-20-32)38-27-45-42(46-38)40-14-8-24-48(40)43(50)51-29-30-9-3-1-4-10-30/h1-6,9-12,15-22,26-27,39-40H,7-8,13-14,23-25,28-29H2,(H,45,46)/t39-,40-/m0/s1. The number of H-pyrrole nitrogens is 1. The number of nitrogens with zero attached hydrogens (tertiary/aromatic N) is 4. The van der Waals surface area contributed by atoms with E-state index in [-0.39, 0.29) is 30.6 Å². The molecule has 3 aliphatic rings. The molecule has 0 saturated carbocycles. The van der Waals surface area contributed by atoms with Crippen molar-refractivity contribution in [2.45, 2.75) is 50.8 Å².